The van der Waals surface area contributed by atoms with Crippen LogP contribution in [0.5, 0.6) is 0 Å². The van der Waals surface area contributed by atoms with Crippen LogP contribution in [0.15, 0.2) is 4.99 Å². The van der Waals surface area contributed by atoms with Crippen molar-refractivity contribution in [3.05, 3.63) is 0 Å². The zero-order valence-electron chi connectivity index (χ0n) is 17.1. The lowest BCUT2D eigenvalue weighted by Gasteiger charge is -2.36. The molecule has 2 fully saturated rings. The molecule has 0 spiro atoms. The molecule has 0 aromatic heterocycles. The van der Waals surface area contributed by atoms with Gasteiger partial charge < -0.3 is 15.0 Å². The van der Waals surface area contributed by atoms with Crippen LogP contribution in [0, 0.1) is 17.2 Å². The maximum atomic E-state index is 13.0. The third-order valence-electron chi connectivity index (χ3n) is 5.71. The predicted octanol–water partition coefficient (Wildman–Crippen LogP) is 2.20. The Labute approximate surface area is 167 Å². The number of alkyl carbamates (subject to hydrolysis) is 1. The summed E-state index contributed by atoms with van der Waals surface area (Å²) in [4.78, 5) is 30.9. The van der Waals surface area contributed by atoms with E-state index < -0.39 is 17.7 Å². The van der Waals surface area contributed by atoms with E-state index in [-0.39, 0.29) is 12.5 Å². The number of hydrogen-bond donors (Lipinski definition) is 2. The number of aliphatic imine (C=N–C) groups is 1. The van der Waals surface area contributed by atoms with Crippen LogP contribution in [0.2, 0.25) is 0 Å². The topological polar surface area (TPSA) is 107 Å². The van der Waals surface area contributed by atoms with Gasteiger partial charge in [0.05, 0.1) is 19.0 Å². The molecular formula is C20H33N5O3. The highest BCUT2D eigenvalue weighted by molar-refractivity contribution is 5.86. The fourth-order valence-electron chi connectivity index (χ4n) is 3.91. The van der Waals surface area contributed by atoms with Gasteiger partial charge in [-0.15, -0.1) is 0 Å². The molecule has 8 nitrogen and oxygen atoms in total. The highest BCUT2D eigenvalue weighted by Crippen LogP contribution is 2.29. The lowest BCUT2D eigenvalue weighted by atomic mass is 9.84. The van der Waals surface area contributed by atoms with Crippen LogP contribution < -0.4 is 10.6 Å². The molecule has 2 amide bonds. The van der Waals surface area contributed by atoms with Gasteiger partial charge in [0.15, 0.2) is 0 Å². The van der Waals surface area contributed by atoms with Crippen molar-refractivity contribution in [2.75, 3.05) is 26.7 Å². The smallest absolute Gasteiger partial charge is 0.412 e. The minimum atomic E-state index is -0.835. The van der Waals surface area contributed by atoms with Crippen molar-refractivity contribution in [3.63, 3.8) is 0 Å². The average Bonchev–Trinajstić information content (AvgIpc) is 2.70. The Morgan fingerprint density at radius 2 is 2.00 bits per heavy atom. The number of nitriles is 1. The summed E-state index contributed by atoms with van der Waals surface area (Å²) in [6.07, 6.45) is 8.29. The summed E-state index contributed by atoms with van der Waals surface area (Å²) in [5, 5.41) is 15.1. The number of piperidine rings is 1. The minimum Gasteiger partial charge on any atom is -0.450 e. The van der Waals surface area contributed by atoms with Crippen LogP contribution in [0.1, 0.15) is 58.3 Å². The Kier molecular flexibility index (Phi) is 8.71. The van der Waals surface area contributed by atoms with Gasteiger partial charge in [-0.05, 0) is 39.2 Å². The molecule has 1 saturated heterocycles. The molecular weight excluding hydrogens is 358 g/mol. The van der Waals surface area contributed by atoms with E-state index in [9.17, 15) is 14.9 Å². The molecule has 0 aromatic carbocycles. The van der Waals surface area contributed by atoms with Gasteiger partial charge in [-0.1, -0.05) is 32.1 Å². The first-order valence-electron chi connectivity index (χ1n) is 10.3. The van der Waals surface area contributed by atoms with Crippen LogP contribution in [0.3, 0.4) is 0 Å². The van der Waals surface area contributed by atoms with Gasteiger partial charge in [-0.3, -0.25) is 15.1 Å². The van der Waals surface area contributed by atoms with Crippen molar-refractivity contribution in [3.8, 4) is 6.07 Å². The van der Waals surface area contributed by atoms with E-state index in [2.05, 4.69) is 26.6 Å². The standard InChI is InChI=1S/C20H33N5O3/c1-3-28-19(27)23-15-22-17(13-16-7-5-4-6-8-16)18(26)24-20(14-21)9-11-25(2)12-10-20/h15-17H,3-13H2,1-2H3,(H,24,26)(H,22,23,27). The summed E-state index contributed by atoms with van der Waals surface area (Å²) >= 11 is 0. The van der Waals surface area contributed by atoms with Gasteiger partial charge in [-0.2, -0.15) is 5.26 Å². The zero-order valence-corrected chi connectivity index (χ0v) is 17.1. The van der Waals surface area contributed by atoms with Crippen molar-refractivity contribution < 1.29 is 14.3 Å². The maximum absolute atomic E-state index is 13.0. The van der Waals surface area contributed by atoms with E-state index in [1.54, 1.807) is 6.92 Å². The first-order chi connectivity index (χ1) is 13.5. The number of likely N-dealkylation sites (tertiary alicyclic amines) is 1. The molecule has 0 radical (unpaired) electrons. The van der Waals surface area contributed by atoms with Crippen molar-refractivity contribution in [1.82, 2.24) is 15.5 Å². The second-order valence-electron chi connectivity index (χ2n) is 7.88. The number of nitrogens with zero attached hydrogens (tertiary/aromatic N) is 3. The molecule has 1 aliphatic carbocycles. The second-order valence-corrected chi connectivity index (χ2v) is 7.88. The highest BCUT2D eigenvalue weighted by Gasteiger charge is 2.37. The Morgan fingerprint density at radius 1 is 1.32 bits per heavy atom. The molecule has 8 heteroatoms. The van der Waals surface area contributed by atoms with Gasteiger partial charge in [-0.25, -0.2) is 4.79 Å². The summed E-state index contributed by atoms with van der Waals surface area (Å²) < 4.78 is 4.81. The van der Waals surface area contributed by atoms with Crippen LogP contribution >= 0.6 is 0 Å². The fourth-order valence-corrected chi connectivity index (χ4v) is 3.91. The van der Waals surface area contributed by atoms with Crippen LogP contribution in [-0.2, 0) is 9.53 Å². The molecule has 2 N–H and O–H groups in total. The Hall–Kier alpha value is -2.14. The number of rotatable bonds is 7. The SMILES string of the molecule is CCOC(=O)NC=NC(CC1CCCCC1)C(=O)NC1(C#N)CCN(C)CC1. The molecule has 1 unspecified atom stereocenters. The van der Waals surface area contributed by atoms with Gasteiger partial charge in [0.2, 0.25) is 5.91 Å². The average molecular weight is 392 g/mol. The number of carbonyl (C=O) groups is 2. The normalized spacial score (nSPS) is 21.6. The lowest BCUT2D eigenvalue weighted by Crippen LogP contribution is -2.56. The summed E-state index contributed by atoms with van der Waals surface area (Å²) in [5.41, 5.74) is -0.835. The van der Waals surface area contributed by atoms with Crippen LogP contribution in [0.4, 0.5) is 4.79 Å². The van der Waals surface area contributed by atoms with Crippen molar-refractivity contribution >= 4 is 18.3 Å². The molecule has 1 heterocycles. The van der Waals surface area contributed by atoms with Gasteiger partial charge >= 0.3 is 6.09 Å². The largest absolute Gasteiger partial charge is 0.450 e. The van der Waals surface area contributed by atoms with Gasteiger partial charge in [0.25, 0.3) is 0 Å². The van der Waals surface area contributed by atoms with Crippen molar-refractivity contribution in [2.24, 2.45) is 10.9 Å². The van der Waals surface area contributed by atoms with Crippen molar-refractivity contribution in [2.45, 2.75) is 69.9 Å². The van der Waals surface area contributed by atoms with E-state index in [0.717, 1.165) is 25.9 Å². The number of hydrogen-bond acceptors (Lipinski definition) is 6. The summed E-state index contributed by atoms with van der Waals surface area (Å²) in [5.74, 6) is 0.207. The number of amides is 2. The molecule has 1 aliphatic heterocycles. The quantitative estimate of drug-likeness (QED) is 0.511. The third-order valence-corrected chi connectivity index (χ3v) is 5.71. The molecule has 2 aliphatic rings. The van der Waals surface area contributed by atoms with Gasteiger partial charge in [0.1, 0.15) is 11.6 Å². The second kappa shape index (κ2) is 11.0. The predicted molar refractivity (Wildman–Crippen MR) is 107 cm³/mol. The Bertz CT molecular complexity index is 587. The number of carbonyl (C=O) groups excluding carboxylic acids is 2. The molecule has 2 rings (SSSR count). The molecule has 0 aromatic rings. The fraction of sp³-hybridized carbons (Fsp3) is 0.800. The summed E-state index contributed by atoms with van der Waals surface area (Å²) in [6.45, 7) is 3.54. The van der Waals surface area contributed by atoms with E-state index in [4.69, 9.17) is 4.74 Å². The summed E-state index contributed by atoms with van der Waals surface area (Å²) in [7, 11) is 2.01. The van der Waals surface area contributed by atoms with Crippen LogP contribution in [0.25, 0.3) is 0 Å². The molecule has 156 valence electrons. The lowest BCUT2D eigenvalue weighted by molar-refractivity contribution is -0.124. The van der Waals surface area contributed by atoms with Crippen molar-refractivity contribution in [1.29, 1.82) is 5.26 Å². The third kappa shape index (κ3) is 6.79. The first kappa shape index (κ1) is 22.2. The molecule has 0 bridgehead atoms. The summed E-state index contributed by atoms with van der Waals surface area (Å²) in [6, 6.07) is 1.70. The maximum Gasteiger partial charge on any atom is 0.412 e. The number of ether oxygens (including phenoxy) is 1. The van der Waals surface area contributed by atoms with E-state index >= 15 is 0 Å². The Balaban J connectivity index is 2.03. The number of nitrogens with one attached hydrogen (secondary N) is 2. The van der Waals surface area contributed by atoms with Gasteiger partial charge in [0, 0.05) is 13.1 Å². The molecule has 1 atom stereocenters. The molecule has 1 saturated carbocycles. The first-order valence-corrected chi connectivity index (χ1v) is 10.3. The van der Waals surface area contributed by atoms with E-state index in [1.165, 1.54) is 25.6 Å². The Morgan fingerprint density at radius 3 is 2.61 bits per heavy atom. The van der Waals surface area contributed by atoms with E-state index in [1.807, 2.05) is 7.05 Å². The monoisotopic (exact) mass is 391 g/mol. The minimum absolute atomic E-state index is 0.237. The highest BCUT2D eigenvalue weighted by atomic mass is 16.5. The van der Waals surface area contributed by atoms with Crippen LogP contribution in [-0.4, -0.2) is 61.6 Å². The molecule has 28 heavy (non-hydrogen) atoms. The van der Waals surface area contributed by atoms with E-state index in [0.29, 0.717) is 25.2 Å². The zero-order chi connectivity index (χ0) is 20.4.